The van der Waals surface area contributed by atoms with Crippen molar-refractivity contribution in [2.24, 2.45) is 0 Å². The molecule has 13 heavy (non-hydrogen) atoms. The molecular weight excluding hydrogens is 178 g/mol. The molecule has 0 N–H and O–H groups in total. The monoisotopic (exact) mass is 188 g/mol. The first-order valence-electron chi connectivity index (χ1n) is 4.11. The van der Waals surface area contributed by atoms with Crippen LogP contribution in [-0.2, 0) is 6.42 Å². The molecule has 1 aromatic heterocycles. The summed E-state index contributed by atoms with van der Waals surface area (Å²) in [7, 11) is 0. The van der Waals surface area contributed by atoms with Gasteiger partial charge in [-0.3, -0.25) is 4.98 Å². The van der Waals surface area contributed by atoms with Gasteiger partial charge in [0, 0.05) is 11.4 Å². The Hall–Kier alpha value is -0.995. The second kappa shape index (κ2) is 3.81. The summed E-state index contributed by atoms with van der Waals surface area (Å²) in [6.45, 7) is -2.91. The normalized spacial score (nSPS) is 11.7. The van der Waals surface area contributed by atoms with Crippen molar-refractivity contribution >= 4 is 6.98 Å². The van der Waals surface area contributed by atoms with Crippen molar-refractivity contribution in [1.29, 1.82) is 0 Å². The highest BCUT2D eigenvalue weighted by atomic mass is 19.4. The predicted molar refractivity (Wildman–Crippen MR) is 46.6 cm³/mol. The van der Waals surface area contributed by atoms with Gasteiger partial charge < -0.3 is 12.9 Å². The quantitative estimate of drug-likeness (QED) is 0.664. The average Bonchev–Trinajstić information content (AvgIpc) is 2.00. The van der Waals surface area contributed by atoms with Gasteiger partial charge in [0.25, 0.3) is 0 Å². The summed E-state index contributed by atoms with van der Waals surface area (Å²) in [4.78, 5) is 3.99. The number of aromatic nitrogens is 1. The van der Waals surface area contributed by atoms with Crippen molar-refractivity contribution in [3.8, 4) is 0 Å². The highest BCUT2D eigenvalue weighted by Crippen LogP contribution is 2.17. The number of nitrogens with zero attached hydrogens (tertiary/aromatic N) is 1. The van der Waals surface area contributed by atoms with Crippen LogP contribution in [0.5, 0.6) is 0 Å². The fourth-order valence-electron chi connectivity index (χ4n) is 1.05. The molecule has 1 aromatic rings. The zero-order valence-electron chi connectivity index (χ0n) is 7.30. The standard InChI is InChI=1S/C8H10BF3N/c1-7-3-2-4-8(13-7)5-6-9(10,11)12/h2-4H,5-6H2,1H3/q-1. The van der Waals surface area contributed by atoms with Crippen LogP contribution in [0.15, 0.2) is 18.2 Å². The van der Waals surface area contributed by atoms with Crippen LogP contribution in [0.4, 0.5) is 12.9 Å². The Labute approximate surface area is 75.0 Å². The largest absolute Gasteiger partial charge is 0.478 e. The van der Waals surface area contributed by atoms with E-state index in [4.69, 9.17) is 0 Å². The maximum atomic E-state index is 11.9. The zero-order valence-corrected chi connectivity index (χ0v) is 7.30. The maximum Gasteiger partial charge on any atom is 0.478 e. The summed E-state index contributed by atoms with van der Waals surface area (Å²) in [6.07, 6.45) is -0.748. The number of pyridine rings is 1. The topological polar surface area (TPSA) is 12.9 Å². The second-order valence-electron chi connectivity index (χ2n) is 3.02. The van der Waals surface area contributed by atoms with E-state index in [1.807, 2.05) is 0 Å². The van der Waals surface area contributed by atoms with Crippen LogP contribution in [-0.4, -0.2) is 12.0 Å². The third-order valence-corrected chi connectivity index (χ3v) is 1.67. The molecular formula is C8H10BF3N-. The average molecular weight is 188 g/mol. The Bertz CT molecular complexity index is 285. The molecule has 1 nitrogen and oxygen atoms in total. The molecule has 1 heterocycles. The molecule has 1 rings (SSSR count). The molecule has 0 aromatic carbocycles. The van der Waals surface area contributed by atoms with E-state index in [0.29, 0.717) is 5.69 Å². The van der Waals surface area contributed by atoms with Gasteiger partial charge in [0.05, 0.1) is 0 Å². The smallest absolute Gasteiger partial charge is 0.449 e. The Kier molecular flexibility index (Phi) is 2.96. The number of hydrogen-bond donors (Lipinski definition) is 0. The fourth-order valence-corrected chi connectivity index (χ4v) is 1.05. The summed E-state index contributed by atoms with van der Waals surface area (Å²) < 4.78 is 35.6. The first-order chi connectivity index (χ1) is 5.97. The van der Waals surface area contributed by atoms with E-state index in [-0.39, 0.29) is 6.42 Å². The third-order valence-electron chi connectivity index (χ3n) is 1.67. The molecule has 0 aliphatic carbocycles. The van der Waals surface area contributed by atoms with E-state index in [9.17, 15) is 12.9 Å². The molecule has 0 fully saturated rings. The van der Waals surface area contributed by atoms with Gasteiger partial charge in [-0.1, -0.05) is 12.4 Å². The molecule has 0 bridgehead atoms. The van der Waals surface area contributed by atoms with Gasteiger partial charge in [-0.2, -0.15) is 0 Å². The summed E-state index contributed by atoms with van der Waals surface area (Å²) in [5.41, 5.74) is 1.27. The lowest BCUT2D eigenvalue weighted by Crippen LogP contribution is -2.15. The van der Waals surface area contributed by atoms with E-state index in [0.717, 1.165) is 5.69 Å². The van der Waals surface area contributed by atoms with Crippen molar-refractivity contribution in [3.05, 3.63) is 29.6 Å². The van der Waals surface area contributed by atoms with Gasteiger partial charge in [0.1, 0.15) is 0 Å². The Morgan fingerprint density at radius 1 is 1.31 bits per heavy atom. The number of rotatable bonds is 3. The van der Waals surface area contributed by atoms with Crippen molar-refractivity contribution < 1.29 is 12.9 Å². The summed E-state index contributed by atoms with van der Waals surface area (Å²) >= 11 is 0. The first-order valence-corrected chi connectivity index (χ1v) is 4.11. The summed E-state index contributed by atoms with van der Waals surface area (Å²) in [6, 6.07) is 5.11. The van der Waals surface area contributed by atoms with E-state index in [2.05, 4.69) is 4.98 Å². The second-order valence-corrected chi connectivity index (χ2v) is 3.02. The van der Waals surface area contributed by atoms with Crippen LogP contribution in [0.1, 0.15) is 11.4 Å². The Morgan fingerprint density at radius 3 is 2.54 bits per heavy atom. The van der Waals surface area contributed by atoms with E-state index in [1.165, 1.54) is 0 Å². The van der Waals surface area contributed by atoms with E-state index >= 15 is 0 Å². The molecule has 0 aliphatic heterocycles. The molecule has 72 valence electrons. The lowest BCUT2D eigenvalue weighted by Gasteiger charge is -2.12. The van der Waals surface area contributed by atoms with Gasteiger partial charge in [0.15, 0.2) is 0 Å². The van der Waals surface area contributed by atoms with Crippen LogP contribution < -0.4 is 0 Å². The molecule has 5 heteroatoms. The van der Waals surface area contributed by atoms with Gasteiger partial charge in [-0.15, -0.1) is 0 Å². The molecule has 0 unspecified atom stereocenters. The zero-order chi connectivity index (χ0) is 9.90. The highest BCUT2D eigenvalue weighted by molar-refractivity contribution is 6.58. The van der Waals surface area contributed by atoms with Crippen molar-refractivity contribution in [2.75, 3.05) is 0 Å². The van der Waals surface area contributed by atoms with Crippen LogP contribution in [0.25, 0.3) is 0 Å². The summed E-state index contributed by atoms with van der Waals surface area (Å²) in [5.74, 6) is 0. The minimum absolute atomic E-state index is 0.00875. The first kappa shape index (κ1) is 10.1. The third kappa shape index (κ3) is 3.96. The maximum absolute atomic E-state index is 11.9. The van der Waals surface area contributed by atoms with Crippen LogP contribution >= 0.6 is 0 Å². The lowest BCUT2D eigenvalue weighted by atomic mass is 9.83. The number of hydrogen-bond acceptors (Lipinski definition) is 1. The number of aryl methyl sites for hydroxylation is 2. The minimum atomic E-state index is -4.68. The van der Waals surface area contributed by atoms with Crippen molar-refractivity contribution in [2.45, 2.75) is 19.7 Å². The molecule has 0 amide bonds. The number of halogens is 3. The SMILES string of the molecule is Cc1cccc(CC[B-](F)(F)F)n1. The Balaban J connectivity index is 2.55. The Morgan fingerprint density at radius 2 is 2.00 bits per heavy atom. The van der Waals surface area contributed by atoms with E-state index in [1.54, 1.807) is 25.1 Å². The summed E-state index contributed by atoms with van der Waals surface area (Å²) in [5, 5.41) is 0. The molecule has 0 saturated carbocycles. The molecule has 0 aliphatic rings. The van der Waals surface area contributed by atoms with Crippen LogP contribution in [0, 0.1) is 6.92 Å². The van der Waals surface area contributed by atoms with Crippen molar-refractivity contribution in [1.82, 2.24) is 4.98 Å². The van der Waals surface area contributed by atoms with Gasteiger partial charge in [0.2, 0.25) is 0 Å². The molecule has 0 atom stereocenters. The molecule has 0 saturated heterocycles. The predicted octanol–water partition coefficient (Wildman–Crippen LogP) is 2.78. The lowest BCUT2D eigenvalue weighted by molar-refractivity contribution is 0.467. The molecule has 0 spiro atoms. The minimum Gasteiger partial charge on any atom is -0.449 e. The van der Waals surface area contributed by atoms with Gasteiger partial charge >= 0.3 is 6.98 Å². The van der Waals surface area contributed by atoms with Crippen LogP contribution in [0.2, 0.25) is 6.32 Å². The van der Waals surface area contributed by atoms with Gasteiger partial charge in [-0.05, 0) is 25.5 Å². The van der Waals surface area contributed by atoms with Gasteiger partial charge in [-0.25, -0.2) is 0 Å². The van der Waals surface area contributed by atoms with Crippen LogP contribution in [0.3, 0.4) is 0 Å². The molecule has 0 radical (unpaired) electrons. The fraction of sp³-hybridized carbons (Fsp3) is 0.375. The van der Waals surface area contributed by atoms with Crippen molar-refractivity contribution in [3.63, 3.8) is 0 Å². The van der Waals surface area contributed by atoms with E-state index < -0.39 is 13.3 Å². The highest BCUT2D eigenvalue weighted by Gasteiger charge is 2.22.